The molecular weight excluding hydrogens is 481 g/mol. The van der Waals surface area contributed by atoms with Gasteiger partial charge in [-0.3, -0.25) is 0 Å². The van der Waals surface area contributed by atoms with E-state index in [0.717, 1.165) is 29.1 Å². The Morgan fingerprint density at radius 3 is 2.43 bits per heavy atom. The van der Waals surface area contributed by atoms with Crippen LogP contribution in [0.2, 0.25) is 0 Å². The number of hydrogen-bond acceptors (Lipinski definition) is 6. The molecule has 1 unspecified atom stereocenters. The van der Waals surface area contributed by atoms with E-state index in [1.807, 2.05) is 11.5 Å². The normalized spacial score (nSPS) is 15.2. The summed E-state index contributed by atoms with van der Waals surface area (Å²) in [5, 5.41) is 17.6. The SMILES string of the molecule is COc1ccc(OCc2ccc(C(F)(F)F)cc2)c(C2=CSC(Nc3ccc(C(=O)O)cc3)N2)c1. The first kappa shape index (κ1) is 24.3. The van der Waals surface area contributed by atoms with Crippen molar-refractivity contribution in [3.63, 3.8) is 0 Å². The lowest BCUT2D eigenvalue weighted by Gasteiger charge is -2.18. The van der Waals surface area contributed by atoms with Gasteiger partial charge in [-0.15, -0.1) is 0 Å². The third-order valence-electron chi connectivity index (χ3n) is 5.19. The van der Waals surface area contributed by atoms with E-state index < -0.39 is 17.7 Å². The summed E-state index contributed by atoms with van der Waals surface area (Å²) in [7, 11) is 1.55. The molecule has 1 atom stereocenters. The van der Waals surface area contributed by atoms with Crippen molar-refractivity contribution in [2.45, 2.75) is 18.3 Å². The highest BCUT2D eigenvalue weighted by Crippen LogP contribution is 2.36. The molecule has 10 heteroatoms. The molecule has 0 saturated heterocycles. The number of carbonyl (C=O) groups is 1. The Morgan fingerprint density at radius 2 is 1.80 bits per heavy atom. The summed E-state index contributed by atoms with van der Waals surface area (Å²) in [5.74, 6) is 0.169. The average molecular weight is 503 g/mol. The number of thioether (sulfide) groups is 1. The molecule has 0 amide bonds. The maximum Gasteiger partial charge on any atom is 0.416 e. The second-order valence-electron chi connectivity index (χ2n) is 7.56. The van der Waals surface area contributed by atoms with Gasteiger partial charge < -0.3 is 25.2 Å². The molecule has 3 N–H and O–H groups in total. The van der Waals surface area contributed by atoms with Crippen molar-refractivity contribution in [1.82, 2.24) is 5.32 Å². The number of halogens is 3. The van der Waals surface area contributed by atoms with Crippen LogP contribution in [0.5, 0.6) is 11.5 Å². The predicted octanol–water partition coefficient (Wildman–Crippen LogP) is 6.02. The zero-order valence-electron chi connectivity index (χ0n) is 18.4. The maximum absolute atomic E-state index is 12.8. The number of carboxylic acid groups (broad SMARTS) is 1. The molecule has 3 aromatic carbocycles. The molecule has 0 spiro atoms. The molecule has 6 nitrogen and oxygen atoms in total. The Morgan fingerprint density at radius 1 is 1.09 bits per heavy atom. The quantitative estimate of drug-likeness (QED) is 0.348. The molecule has 182 valence electrons. The van der Waals surface area contributed by atoms with E-state index >= 15 is 0 Å². The summed E-state index contributed by atoms with van der Waals surface area (Å²) in [6.07, 6.45) is -4.39. The van der Waals surface area contributed by atoms with Gasteiger partial charge in [0.1, 0.15) is 23.6 Å². The van der Waals surface area contributed by atoms with Crippen LogP contribution in [0.4, 0.5) is 18.9 Å². The molecule has 0 bridgehead atoms. The monoisotopic (exact) mass is 502 g/mol. The molecule has 0 fully saturated rings. The largest absolute Gasteiger partial charge is 0.497 e. The van der Waals surface area contributed by atoms with Crippen LogP contribution in [-0.4, -0.2) is 23.7 Å². The second kappa shape index (κ2) is 10.2. The van der Waals surface area contributed by atoms with Crippen molar-refractivity contribution in [2.75, 3.05) is 12.4 Å². The van der Waals surface area contributed by atoms with Gasteiger partial charge in [-0.25, -0.2) is 4.79 Å². The van der Waals surface area contributed by atoms with Gasteiger partial charge in [-0.1, -0.05) is 23.9 Å². The van der Waals surface area contributed by atoms with Crippen molar-refractivity contribution in [3.05, 3.63) is 94.4 Å². The Hall–Kier alpha value is -3.79. The molecule has 0 radical (unpaired) electrons. The van der Waals surface area contributed by atoms with Gasteiger partial charge in [0.2, 0.25) is 0 Å². The molecule has 1 aliphatic heterocycles. The summed E-state index contributed by atoms with van der Waals surface area (Å²) in [5.41, 5.74) is 2.14. The van der Waals surface area contributed by atoms with E-state index in [2.05, 4.69) is 10.6 Å². The van der Waals surface area contributed by atoms with E-state index in [1.54, 1.807) is 31.4 Å². The summed E-state index contributed by atoms with van der Waals surface area (Å²) >= 11 is 1.49. The van der Waals surface area contributed by atoms with Gasteiger partial charge in [0.25, 0.3) is 0 Å². The van der Waals surface area contributed by atoms with Crippen LogP contribution in [0.1, 0.15) is 27.0 Å². The highest BCUT2D eigenvalue weighted by molar-refractivity contribution is 8.03. The molecule has 0 aromatic heterocycles. The second-order valence-corrected chi connectivity index (χ2v) is 8.54. The van der Waals surface area contributed by atoms with Gasteiger partial charge in [0.05, 0.1) is 23.9 Å². The standard InChI is InChI=1S/C25H21F3N2O4S/c1-33-19-10-11-22(34-13-15-2-6-17(7-3-15)25(26,27)28)20(12-19)21-14-35-24(30-21)29-18-8-4-16(5-9-18)23(31)32/h2-12,14,24,29-30H,13H2,1H3,(H,31,32). The number of benzene rings is 3. The van der Waals surface area contributed by atoms with Crippen LogP contribution >= 0.6 is 11.8 Å². The van der Waals surface area contributed by atoms with Crippen LogP contribution in [0.3, 0.4) is 0 Å². The van der Waals surface area contributed by atoms with Crippen LogP contribution < -0.4 is 20.1 Å². The van der Waals surface area contributed by atoms with E-state index in [0.29, 0.717) is 17.1 Å². The smallest absolute Gasteiger partial charge is 0.416 e. The van der Waals surface area contributed by atoms with E-state index in [4.69, 9.17) is 14.6 Å². The van der Waals surface area contributed by atoms with Gasteiger partial charge in [-0.2, -0.15) is 13.2 Å². The van der Waals surface area contributed by atoms with E-state index in [9.17, 15) is 18.0 Å². The topological polar surface area (TPSA) is 79.8 Å². The number of rotatable bonds is 8. The van der Waals surface area contributed by atoms with Crippen LogP contribution in [0, 0.1) is 0 Å². The third-order valence-corrected chi connectivity index (χ3v) is 6.07. The van der Waals surface area contributed by atoms with Crippen molar-refractivity contribution in [3.8, 4) is 11.5 Å². The molecule has 3 aromatic rings. The fourth-order valence-electron chi connectivity index (χ4n) is 3.34. The molecule has 0 aliphatic carbocycles. The Kier molecular flexibility index (Phi) is 7.11. The number of nitrogens with one attached hydrogen (secondary N) is 2. The first-order valence-electron chi connectivity index (χ1n) is 10.4. The molecule has 1 heterocycles. The lowest BCUT2D eigenvalue weighted by atomic mass is 10.1. The third kappa shape index (κ3) is 6.02. The van der Waals surface area contributed by atoms with Gasteiger partial charge in [0.15, 0.2) is 0 Å². The fraction of sp³-hybridized carbons (Fsp3) is 0.160. The molecule has 35 heavy (non-hydrogen) atoms. The Labute approximate surface area is 203 Å². The predicted molar refractivity (Wildman–Crippen MR) is 128 cm³/mol. The number of aromatic carboxylic acids is 1. The van der Waals surface area contributed by atoms with Gasteiger partial charge >= 0.3 is 12.1 Å². The van der Waals surface area contributed by atoms with Gasteiger partial charge in [0, 0.05) is 11.3 Å². The van der Waals surface area contributed by atoms with Crippen LogP contribution in [0.15, 0.2) is 72.1 Å². The zero-order chi connectivity index (χ0) is 25.0. The maximum atomic E-state index is 12.8. The summed E-state index contributed by atoms with van der Waals surface area (Å²) < 4.78 is 49.7. The van der Waals surface area contributed by atoms with Crippen LogP contribution in [0.25, 0.3) is 5.70 Å². The number of ether oxygens (including phenoxy) is 2. The first-order chi connectivity index (χ1) is 16.7. The number of anilines is 1. The van der Waals surface area contributed by atoms with Crippen molar-refractivity contribution >= 4 is 29.1 Å². The first-order valence-corrected chi connectivity index (χ1v) is 11.4. The molecule has 1 aliphatic rings. The molecule has 0 saturated carbocycles. The summed E-state index contributed by atoms with van der Waals surface area (Å²) in [6.45, 7) is 0.0928. The molecular formula is C25H21F3N2O4S. The molecule has 4 rings (SSSR count). The highest BCUT2D eigenvalue weighted by atomic mass is 32.2. The summed E-state index contributed by atoms with van der Waals surface area (Å²) in [4.78, 5) is 11.0. The van der Waals surface area contributed by atoms with Crippen molar-refractivity contribution in [2.24, 2.45) is 0 Å². The van der Waals surface area contributed by atoms with E-state index in [-0.39, 0.29) is 17.7 Å². The lowest BCUT2D eigenvalue weighted by molar-refractivity contribution is -0.137. The highest BCUT2D eigenvalue weighted by Gasteiger charge is 2.30. The van der Waals surface area contributed by atoms with E-state index in [1.165, 1.54) is 36.0 Å². The number of methoxy groups -OCH3 is 1. The minimum absolute atomic E-state index is 0.0928. The minimum Gasteiger partial charge on any atom is -0.497 e. The number of carboxylic acids is 1. The Balaban J connectivity index is 1.45. The van der Waals surface area contributed by atoms with Gasteiger partial charge in [-0.05, 0) is 65.6 Å². The minimum atomic E-state index is -4.39. The Bertz CT molecular complexity index is 1230. The zero-order valence-corrected chi connectivity index (χ0v) is 19.2. The fourth-order valence-corrected chi connectivity index (χ4v) is 4.21. The van der Waals surface area contributed by atoms with Crippen molar-refractivity contribution in [1.29, 1.82) is 0 Å². The lowest BCUT2D eigenvalue weighted by Crippen LogP contribution is -2.28. The average Bonchev–Trinajstić information content (AvgIpc) is 3.31. The van der Waals surface area contributed by atoms with Crippen molar-refractivity contribution < 1.29 is 32.5 Å². The summed E-state index contributed by atoms with van der Waals surface area (Å²) in [6, 6.07) is 16.6. The number of hydrogen-bond donors (Lipinski definition) is 3. The number of alkyl halides is 3. The van der Waals surface area contributed by atoms with Crippen LogP contribution in [-0.2, 0) is 12.8 Å².